The predicted octanol–water partition coefficient (Wildman–Crippen LogP) is 3.79. The van der Waals surface area contributed by atoms with Gasteiger partial charge in [-0.1, -0.05) is 32.9 Å². The third kappa shape index (κ3) is 2.70. The van der Waals surface area contributed by atoms with Crippen LogP contribution in [-0.4, -0.2) is 29.6 Å². The molecule has 2 N–H and O–H groups in total. The molecular formula is C22H29NO4. The molecule has 1 amide bonds. The van der Waals surface area contributed by atoms with Gasteiger partial charge in [0.1, 0.15) is 0 Å². The van der Waals surface area contributed by atoms with Gasteiger partial charge in [0.05, 0.1) is 11.7 Å². The van der Waals surface area contributed by atoms with Crippen molar-refractivity contribution in [1.29, 1.82) is 0 Å². The van der Waals surface area contributed by atoms with Crippen molar-refractivity contribution in [1.82, 2.24) is 5.32 Å². The van der Waals surface area contributed by atoms with Crippen molar-refractivity contribution in [3.8, 4) is 0 Å². The quantitative estimate of drug-likeness (QED) is 0.844. The fourth-order valence-corrected chi connectivity index (χ4v) is 6.20. The summed E-state index contributed by atoms with van der Waals surface area (Å²) in [6.45, 7) is 7.19. The van der Waals surface area contributed by atoms with Gasteiger partial charge in [-0.05, 0) is 59.6 Å². The van der Waals surface area contributed by atoms with E-state index in [1.807, 2.05) is 19.1 Å². The highest BCUT2D eigenvalue weighted by Crippen LogP contribution is 2.70. The Morgan fingerprint density at radius 3 is 2.59 bits per heavy atom. The van der Waals surface area contributed by atoms with Gasteiger partial charge in [0, 0.05) is 19.1 Å². The Hall–Kier alpha value is -1.88. The van der Waals surface area contributed by atoms with Gasteiger partial charge in [-0.15, -0.1) is 0 Å². The fourth-order valence-electron chi connectivity index (χ4n) is 6.20. The lowest BCUT2D eigenvalue weighted by molar-refractivity contribution is -0.137. The molecule has 5 heteroatoms. The first-order valence-corrected chi connectivity index (χ1v) is 10.0. The summed E-state index contributed by atoms with van der Waals surface area (Å²) in [7, 11) is 0. The smallest absolute Gasteiger partial charge is 0.335 e. The number of carboxylic acids is 1. The largest absolute Gasteiger partial charge is 0.478 e. The van der Waals surface area contributed by atoms with Crippen molar-refractivity contribution in [2.24, 2.45) is 22.7 Å². The molecule has 27 heavy (non-hydrogen) atoms. The van der Waals surface area contributed by atoms with Gasteiger partial charge in [0.15, 0.2) is 0 Å². The first-order valence-electron chi connectivity index (χ1n) is 10.0. The maximum Gasteiger partial charge on any atom is 0.335 e. The van der Waals surface area contributed by atoms with Crippen LogP contribution in [0.3, 0.4) is 0 Å². The number of carboxylic acid groups (broad SMARTS) is 1. The summed E-state index contributed by atoms with van der Waals surface area (Å²) in [5.74, 6) is 0.156. The number of carbonyl (C=O) groups excluding carboxylic acids is 1. The minimum atomic E-state index is -0.911. The molecule has 1 saturated heterocycles. The second kappa shape index (κ2) is 6.33. The van der Waals surface area contributed by atoms with Crippen LogP contribution >= 0.6 is 0 Å². The number of benzene rings is 1. The average molecular weight is 371 g/mol. The van der Waals surface area contributed by atoms with Crippen molar-refractivity contribution in [3.63, 3.8) is 0 Å². The molecule has 3 aliphatic rings. The summed E-state index contributed by atoms with van der Waals surface area (Å²) in [5, 5.41) is 12.5. The molecule has 146 valence electrons. The Kier molecular flexibility index (Phi) is 4.34. The molecule has 2 bridgehead atoms. The third-order valence-corrected chi connectivity index (χ3v) is 7.62. The van der Waals surface area contributed by atoms with Crippen LogP contribution in [0.25, 0.3) is 0 Å². The van der Waals surface area contributed by atoms with E-state index in [0.29, 0.717) is 30.4 Å². The van der Waals surface area contributed by atoms with E-state index in [9.17, 15) is 9.59 Å². The second-order valence-electron chi connectivity index (χ2n) is 9.12. The highest BCUT2D eigenvalue weighted by molar-refractivity contribution is 5.87. The molecule has 4 rings (SSSR count). The van der Waals surface area contributed by atoms with Crippen LogP contribution in [0.15, 0.2) is 24.3 Å². The number of fused-ring (bicyclic) bond motifs is 1. The van der Waals surface area contributed by atoms with Gasteiger partial charge < -0.3 is 15.2 Å². The molecule has 1 unspecified atom stereocenters. The Balaban J connectivity index is 1.66. The summed E-state index contributed by atoms with van der Waals surface area (Å²) in [6, 6.07) is 7.28. The average Bonchev–Trinajstić information content (AvgIpc) is 3.14. The Bertz CT molecular complexity index is 756. The highest BCUT2D eigenvalue weighted by atomic mass is 16.5. The summed E-state index contributed by atoms with van der Waals surface area (Å²) in [4.78, 5) is 23.4. The number of carbonyl (C=O) groups is 2. The maximum atomic E-state index is 12.3. The standard InChI is InChI=1S/C22H29NO4/c1-4-17(24)23-20-21(2,3)15-11-16-18(27-10-9-22(16,20)12-15)13-5-7-14(8-6-13)19(25)26/h5-8,15-16,18,20H,4,9-12H2,1-3H3,(H,23,24)(H,25,26)/t15-,16-,18-,20+,22?/m1/s1. The lowest BCUT2D eigenvalue weighted by Crippen LogP contribution is -2.58. The summed E-state index contributed by atoms with van der Waals surface area (Å²) in [6.07, 6.45) is 3.72. The monoisotopic (exact) mass is 371 g/mol. The van der Waals surface area contributed by atoms with Crippen LogP contribution in [-0.2, 0) is 9.53 Å². The topological polar surface area (TPSA) is 75.6 Å². The van der Waals surface area contributed by atoms with E-state index in [0.717, 1.165) is 24.8 Å². The number of hydrogen-bond donors (Lipinski definition) is 2. The van der Waals surface area contributed by atoms with Crippen molar-refractivity contribution in [3.05, 3.63) is 35.4 Å². The molecule has 1 aliphatic heterocycles. The molecule has 0 aromatic heterocycles. The van der Waals surface area contributed by atoms with Crippen LogP contribution in [0.5, 0.6) is 0 Å². The van der Waals surface area contributed by atoms with Gasteiger partial charge >= 0.3 is 5.97 Å². The van der Waals surface area contributed by atoms with E-state index >= 15 is 0 Å². The van der Waals surface area contributed by atoms with Gasteiger partial charge in [-0.3, -0.25) is 4.79 Å². The van der Waals surface area contributed by atoms with E-state index < -0.39 is 5.97 Å². The second-order valence-corrected chi connectivity index (χ2v) is 9.12. The van der Waals surface area contributed by atoms with Crippen molar-refractivity contribution in [2.75, 3.05) is 6.61 Å². The molecule has 3 fully saturated rings. The molecule has 2 aliphatic carbocycles. The molecule has 2 saturated carbocycles. The minimum Gasteiger partial charge on any atom is -0.478 e. The Morgan fingerprint density at radius 2 is 1.96 bits per heavy atom. The van der Waals surface area contributed by atoms with E-state index in [1.165, 1.54) is 0 Å². The van der Waals surface area contributed by atoms with Crippen LogP contribution < -0.4 is 5.32 Å². The number of rotatable bonds is 4. The predicted molar refractivity (Wildman–Crippen MR) is 101 cm³/mol. The molecular weight excluding hydrogens is 342 g/mol. The first-order chi connectivity index (χ1) is 12.8. The van der Waals surface area contributed by atoms with E-state index in [4.69, 9.17) is 9.84 Å². The normalized spacial score (nSPS) is 36.3. The van der Waals surface area contributed by atoms with E-state index in [1.54, 1.807) is 12.1 Å². The third-order valence-electron chi connectivity index (χ3n) is 7.62. The molecule has 1 spiro atoms. The van der Waals surface area contributed by atoms with Gasteiger partial charge in [-0.25, -0.2) is 4.79 Å². The molecule has 5 nitrogen and oxygen atoms in total. The Labute approximate surface area is 160 Å². The molecule has 1 aromatic carbocycles. The molecule has 1 heterocycles. The van der Waals surface area contributed by atoms with Crippen LogP contribution in [0.2, 0.25) is 0 Å². The van der Waals surface area contributed by atoms with Crippen LogP contribution in [0.4, 0.5) is 0 Å². The van der Waals surface area contributed by atoms with Gasteiger partial charge in [-0.2, -0.15) is 0 Å². The molecule has 0 radical (unpaired) electrons. The summed E-state index contributed by atoms with van der Waals surface area (Å²) < 4.78 is 6.21. The van der Waals surface area contributed by atoms with Crippen molar-refractivity contribution in [2.45, 2.75) is 58.6 Å². The zero-order valence-electron chi connectivity index (χ0n) is 16.3. The first kappa shape index (κ1) is 18.5. The number of nitrogens with one attached hydrogen (secondary N) is 1. The summed E-state index contributed by atoms with van der Waals surface area (Å²) >= 11 is 0. The number of amides is 1. The van der Waals surface area contributed by atoms with Gasteiger partial charge in [0.25, 0.3) is 0 Å². The SMILES string of the molecule is CCC(=O)N[C@H]1C(C)(C)[C@@H]2C[C@@H]3[C@@H](c4ccc(C(=O)O)cc4)OCCC31C2. The van der Waals surface area contributed by atoms with E-state index in [-0.39, 0.29) is 28.9 Å². The lowest BCUT2D eigenvalue weighted by Gasteiger charge is -2.53. The van der Waals surface area contributed by atoms with Crippen molar-refractivity contribution < 1.29 is 19.4 Å². The van der Waals surface area contributed by atoms with Crippen molar-refractivity contribution >= 4 is 11.9 Å². The van der Waals surface area contributed by atoms with Gasteiger partial charge in [0.2, 0.25) is 5.91 Å². The highest BCUT2D eigenvalue weighted by Gasteiger charge is 2.68. The molecule has 1 aromatic rings. The summed E-state index contributed by atoms with van der Waals surface area (Å²) in [5.41, 5.74) is 1.52. The zero-order valence-corrected chi connectivity index (χ0v) is 16.3. The number of ether oxygens (including phenoxy) is 1. The van der Waals surface area contributed by atoms with Crippen LogP contribution in [0, 0.1) is 22.7 Å². The lowest BCUT2D eigenvalue weighted by atomic mass is 9.59. The van der Waals surface area contributed by atoms with E-state index in [2.05, 4.69) is 19.2 Å². The number of aromatic carboxylic acids is 1. The fraction of sp³-hybridized carbons (Fsp3) is 0.636. The maximum absolute atomic E-state index is 12.3. The van der Waals surface area contributed by atoms with Crippen LogP contribution in [0.1, 0.15) is 68.5 Å². The molecule has 5 atom stereocenters. The zero-order chi connectivity index (χ0) is 19.4. The number of hydrogen-bond acceptors (Lipinski definition) is 3. The minimum absolute atomic E-state index is 0.0243. The Morgan fingerprint density at radius 1 is 1.26 bits per heavy atom.